The molecule has 1 aliphatic heterocycles. The van der Waals surface area contributed by atoms with Gasteiger partial charge >= 0.3 is 12.1 Å². The molecule has 8 heteroatoms. The van der Waals surface area contributed by atoms with E-state index >= 15 is 0 Å². The molecule has 1 fully saturated rings. The highest BCUT2D eigenvalue weighted by atomic mass is 19.1. The Hall–Kier alpha value is -2.51. The van der Waals surface area contributed by atoms with E-state index in [9.17, 15) is 14.0 Å². The number of nitrogens with two attached hydrogens (primary N) is 1. The third-order valence-corrected chi connectivity index (χ3v) is 4.01. The molecule has 1 aromatic rings. The lowest BCUT2D eigenvalue weighted by molar-refractivity contribution is 0.0499. The van der Waals surface area contributed by atoms with E-state index in [1.54, 1.807) is 25.7 Å². The number of hydrogen-bond donors (Lipinski definition) is 2. The number of amides is 1. The second-order valence-corrected chi connectivity index (χ2v) is 7.31. The lowest BCUT2D eigenvalue weighted by Gasteiger charge is -2.35. The van der Waals surface area contributed by atoms with Crippen LogP contribution >= 0.6 is 0 Å². The van der Waals surface area contributed by atoms with E-state index in [4.69, 9.17) is 10.5 Å². The Kier molecular flexibility index (Phi) is 5.94. The average Bonchev–Trinajstić information content (AvgIpc) is 2.54. The zero-order valence-corrected chi connectivity index (χ0v) is 15.6. The molecule has 1 saturated heterocycles. The highest BCUT2D eigenvalue weighted by Gasteiger charge is 2.26. The third-order valence-electron chi connectivity index (χ3n) is 4.01. The van der Waals surface area contributed by atoms with Crippen LogP contribution in [0, 0.1) is 5.82 Å². The van der Waals surface area contributed by atoms with Crippen LogP contribution in [0.1, 0.15) is 44.0 Å². The number of anilines is 2. The zero-order valence-electron chi connectivity index (χ0n) is 15.6. The molecule has 0 aliphatic carbocycles. The molecular formula is C18H26FN3O4. The van der Waals surface area contributed by atoms with Gasteiger partial charge in [-0.15, -0.1) is 0 Å². The van der Waals surface area contributed by atoms with Crippen molar-refractivity contribution in [2.24, 2.45) is 0 Å². The standard InChI is InChI=1S/C18H26FN3O4/c1-18(2,3)26-17(24)21-11-6-5-7-22(10-11)15-9-14(20)12(8-13(15)19)16(23)25-4/h8-9,11H,5-7,10,20H2,1-4H3,(H,21,24). The smallest absolute Gasteiger partial charge is 0.407 e. The molecule has 1 aliphatic rings. The molecule has 0 aromatic heterocycles. The van der Waals surface area contributed by atoms with Crippen molar-refractivity contribution in [1.82, 2.24) is 5.32 Å². The van der Waals surface area contributed by atoms with Crippen molar-refractivity contribution in [3.8, 4) is 0 Å². The number of benzene rings is 1. The molecule has 26 heavy (non-hydrogen) atoms. The lowest BCUT2D eigenvalue weighted by Crippen LogP contribution is -2.49. The van der Waals surface area contributed by atoms with Gasteiger partial charge in [-0.1, -0.05) is 0 Å². The summed E-state index contributed by atoms with van der Waals surface area (Å²) in [6, 6.07) is 2.35. The summed E-state index contributed by atoms with van der Waals surface area (Å²) >= 11 is 0. The third kappa shape index (κ3) is 5.00. The molecule has 1 unspecified atom stereocenters. The number of rotatable bonds is 3. The van der Waals surface area contributed by atoms with Crippen molar-refractivity contribution in [2.75, 3.05) is 30.8 Å². The molecule has 3 N–H and O–H groups in total. The summed E-state index contributed by atoms with van der Waals surface area (Å²) in [6.07, 6.45) is 1.05. The van der Waals surface area contributed by atoms with Crippen molar-refractivity contribution in [3.05, 3.63) is 23.5 Å². The first-order valence-electron chi connectivity index (χ1n) is 8.52. The number of piperidine rings is 1. The predicted molar refractivity (Wildman–Crippen MR) is 96.8 cm³/mol. The maximum absolute atomic E-state index is 14.5. The fourth-order valence-electron chi connectivity index (χ4n) is 2.90. The topological polar surface area (TPSA) is 93.9 Å². The first-order valence-corrected chi connectivity index (χ1v) is 8.52. The summed E-state index contributed by atoms with van der Waals surface area (Å²) in [4.78, 5) is 25.4. The fraction of sp³-hybridized carbons (Fsp3) is 0.556. The number of nitrogens with zero attached hydrogens (tertiary/aromatic N) is 1. The highest BCUT2D eigenvalue weighted by Crippen LogP contribution is 2.28. The van der Waals surface area contributed by atoms with Crippen LogP contribution in [0.4, 0.5) is 20.6 Å². The number of carbonyl (C=O) groups excluding carboxylic acids is 2. The Labute approximate surface area is 152 Å². The van der Waals surface area contributed by atoms with Crippen LogP contribution < -0.4 is 16.0 Å². The average molecular weight is 367 g/mol. The van der Waals surface area contributed by atoms with Gasteiger partial charge in [0.1, 0.15) is 11.4 Å². The van der Waals surface area contributed by atoms with Gasteiger partial charge < -0.3 is 25.4 Å². The number of ether oxygens (including phenoxy) is 2. The van der Waals surface area contributed by atoms with Gasteiger partial charge in [0, 0.05) is 24.8 Å². The van der Waals surface area contributed by atoms with Crippen LogP contribution in [0.3, 0.4) is 0 Å². The minimum Gasteiger partial charge on any atom is -0.465 e. The van der Waals surface area contributed by atoms with Crippen molar-refractivity contribution in [2.45, 2.75) is 45.3 Å². The van der Waals surface area contributed by atoms with Crippen molar-refractivity contribution < 1.29 is 23.5 Å². The summed E-state index contributed by atoms with van der Waals surface area (Å²) < 4.78 is 24.4. The molecule has 1 amide bonds. The van der Waals surface area contributed by atoms with Gasteiger partial charge in [-0.25, -0.2) is 14.0 Å². The summed E-state index contributed by atoms with van der Waals surface area (Å²) in [7, 11) is 1.21. The van der Waals surface area contributed by atoms with Crippen molar-refractivity contribution in [3.63, 3.8) is 0 Å². The molecule has 0 radical (unpaired) electrons. The largest absolute Gasteiger partial charge is 0.465 e. The van der Waals surface area contributed by atoms with Crippen LogP contribution in [0.5, 0.6) is 0 Å². The lowest BCUT2D eigenvalue weighted by atomic mass is 10.0. The van der Waals surface area contributed by atoms with E-state index in [2.05, 4.69) is 10.1 Å². The van der Waals surface area contributed by atoms with Crippen molar-refractivity contribution in [1.29, 1.82) is 0 Å². The van der Waals surface area contributed by atoms with Gasteiger partial charge in [0.15, 0.2) is 0 Å². The highest BCUT2D eigenvalue weighted by molar-refractivity contribution is 5.95. The second-order valence-electron chi connectivity index (χ2n) is 7.31. The van der Waals surface area contributed by atoms with Gasteiger partial charge in [0.2, 0.25) is 0 Å². The van der Waals surface area contributed by atoms with E-state index < -0.39 is 23.5 Å². The Bertz CT molecular complexity index is 688. The molecule has 0 saturated carbocycles. The molecule has 1 heterocycles. The van der Waals surface area contributed by atoms with Gasteiger partial charge in [0.05, 0.1) is 18.4 Å². The van der Waals surface area contributed by atoms with Crippen LogP contribution in [0.2, 0.25) is 0 Å². The predicted octanol–water partition coefficient (Wildman–Crippen LogP) is 2.69. The molecular weight excluding hydrogens is 341 g/mol. The molecule has 144 valence electrons. The second kappa shape index (κ2) is 7.80. The Balaban J connectivity index is 2.11. The molecule has 2 rings (SSSR count). The van der Waals surface area contributed by atoms with E-state index in [1.165, 1.54) is 13.2 Å². The molecule has 7 nitrogen and oxygen atoms in total. The van der Waals surface area contributed by atoms with E-state index in [1.807, 2.05) is 0 Å². The Morgan fingerprint density at radius 3 is 2.65 bits per heavy atom. The normalized spacial score (nSPS) is 17.6. The van der Waals surface area contributed by atoms with Crippen LogP contribution in [-0.4, -0.2) is 43.9 Å². The fourth-order valence-corrected chi connectivity index (χ4v) is 2.90. The number of hydrogen-bond acceptors (Lipinski definition) is 6. The number of methoxy groups -OCH3 is 1. The zero-order chi connectivity index (χ0) is 19.5. The van der Waals surface area contributed by atoms with Crippen LogP contribution in [0.15, 0.2) is 12.1 Å². The quantitative estimate of drug-likeness (QED) is 0.630. The number of halogens is 1. The van der Waals surface area contributed by atoms with Gasteiger partial charge in [-0.3, -0.25) is 0 Å². The number of esters is 1. The molecule has 1 aromatic carbocycles. The van der Waals surface area contributed by atoms with E-state index in [-0.39, 0.29) is 17.3 Å². The number of nitrogens with one attached hydrogen (secondary N) is 1. The Morgan fingerprint density at radius 2 is 2.04 bits per heavy atom. The minimum absolute atomic E-state index is 0.00538. The Morgan fingerprint density at radius 1 is 1.35 bits per heavy atom. The first kappa shape index (κ1) is 19.8. The maximum atomic E-state index is 14.5. The number of nitrogen functional groups attached to an aromatic ring is 1. The molecule has 0 spiro atoms. The molecule has 1 atom stereocenters. The van der Waals surface area contributed by atoms with Crippen LogP contribution in [-0.2, 0) is 9.47 Å². The van der Waals surface area contributed by atoms with Gasteiger partial charge in [-0.05, 0) is 45.7 Å². The van der Waals surface area contributed by atoms with Crippen molar-refractivity contribution >= 4 is 23.4 Å². The SMILES string of the molecule is COC(=O)c1cc(F)c(N2CCCC(NC(=O)OC(C)(C)C)C2)cc1N. The maximum Gasteiger partial charge on any atom is 0.407 e. The van der Waals surface area contributed by atoms with Gasteiger partial charge in [0.25, 0.3) is 0 Å². The monoisotopic (exact) mass is 367 g/mol. The van der Waals surface area contributed by atoms with E-state index in [0.29, 0.717) is 18.8 Å². The minimum atomic E-state index is -0.684. The molecule has 0 bridgehead atoms. The van der Waals surface area contributed by atoms with Gasteiger partial charge in [-0.2, -0.15) is 0 Å². The summed E-state index contributed by atoms with van der Waals surface area (Å²) in [5.74, 6) is -1.24. The summed E-state index contributed by atoms with van der Waals surface area (Å²) in [5.41, 5.74) is 5.73. The van der Waals surface area contributed by atoms with E-state index in [0.717, 1.165) is 18.9 Å². The summed E-state index contributed by atoms with van der Waals surface area (Å²) in [6.45, 7) is 6.43. The number of alkyl carbamates (subject to hydrolysis) is 1. The number of carbonyl (C=O) groups is 2. The van der Waals surface area contributed by atoms with Crippen LogP contribution in [0.25, 0.3) is 0 Å². The summed E-state index contributed by atoms with van der Waals surface area (Å²) in [5, 5.41) is 2.82. The first-order chi connectivity index (χ1) is 12.1.